The molecule has 2 aromatic carbocycles. The molecule has 0 spiro atoms. The lowest BCUT2D eigenvalue weighted by molar-refractivity contribution is 0.0969. The molecule has 1 saturated heterocycles. The van der Waals surface area contributed by atoms with Gasteiger partial charge in [-0.25, -0.2) is 0 Å². The molecular weight excluding hydrogens is 364 g/mol. The molecule has 0 amide bonds. The first-order valence-corrected chi connectivity index (χ1v) is 9.76. The van der Waals surface area contributed by atoms with Crippen LogP contribution in [0, 0.1) is 5.92 Å². The van der Waals surface area contributed by atoms with E-state index in [1.165, 1.54) is 12.8 Å². The number of nitrogens with zero attached hydrogens (tertiary/aromatic N) is 1. The fraction of sp³-hybridized carbons (Fsp3) is 0.429. The highest BCUT2D eigenvalue weighted by molar-refractivity contribution is 6.30. The monoisotopic (exact) mass is 390 g/mol. The van der Waals surface area contributed by atoms with Crippen molar-refractivity contribution in [2.45, 2.75) is 25.9 Å². The van der Waals surface area contributed by atoms with Crippen LogP contribution in [0.5, 0.6) is 17.2 Å². The first-order valence-electron chi connectivity index (χ1n) is 9.39. The summed E-state index contributed by atoms with van der Waals surface area (Å²) in [6, 6.07) is 12.9. The van der Waals surface area contributed by atoms with Gasteiger partial charge in [0.2, 0.25) is 0 Å². The number of nitrogens with two attached hydrogens (primary N) is 1. The topological polar surface area (TPSA) is 68.0 Å². The van der Waals surface area contributed by atoms with E-state index in [4.69, 9.17) is 26.8 Å². The van der Waals surface area contributed by atoms with Crippen LogP contribution in [-0.4, -0.2) is 37.5 Å². The molecule has 0 saturated carbocycles. The molecule has 2 aliphatic heterocycles. The molecule has 2 heterocycles. The summed E-state index contributed by atoms with van der Waals surface area (Å²) in [6.45, 7) is 5.39. The summed E-state index contributed by atoms with van der Waals surface area (Å²) < 4.78 is 10.9. The molecule has 0 aliphatic carbocycles. The molecule has 1 unspecified atom stereocenters. The number of hydrogen-bond acceptors (Lipinski definition) is 5. The molecule has 6 heteroatoms. The van der Waals surface area contributed by atoms with Crippen molar-refractivity contribution in [3.63, 3.8) is 0 Å². The maximum absolute atomic E-state index is 9.69. The Labute approximate surface area is 165 Å². The number of phenols is 1. The van der Waals surface area contributed by atoms with Crippen molar-refractivity contribution in [1.82, 2.24) is 0 Å². The Balaban J connectivity index is 0.000000156. The average Bonchev–Trinajstić information content (AvgIpc) is 2.69. The first-order chi connectivity index (χ1) is 13.1. The van der Waals surface area contributed by atoms with Crippen LogP contribution >= 0.6 is 11.6 Å². The molecule has 0 bridgehead atoms. The summed E-state index contributed by atoms with van der Waals surface area (Å²) in [6.07, 6.45) is 2.40. The van der Waals surface area contributed by atoms with Gasteiger partial charge in [-0.1, -0.05) is 30.7 Å². The minimum Gasteiger partial charge on any atom is -0.506 e. The van der Waals surface area contributed by atoms with Crippen molar-refractivity contribution in [1.29, 1.82) is 0 Å². The van der Waals surface area contributed by atoms with Gasteiger partial charge in [0, 0.05) is 30.7 Å². The largest absolute Gasteiger partial charge is 0.506 e. The van der Waals surface area contributed by atoms with Crippen LogP contribution in [-0.2, 0) is 0 Å². The number of hydrogen-bond donors (Lipinski definition) is 2. The van der Waals surface area contributed by atoms with Gasteiger partial charge >= 0.3 is 0 Å². The molecule has 3 N–H and O–H groups in total. The van der Waals surface area contributed by atoms with Crippen LogP contribution in [0.3, 0.4) is 0 Å². The van der Waals surface area contributed by atoms with Crippen molar-refractivity contribution in [2.75, 3.05) is 31.1 Å². The van der Waals surface area contributed by atoms with Gasteiger partial charge in [0.05, 0.1) is 5.69 Å². The van der Waals surface area contributed by atoms with Gasteiger partial charge in [0.1, 0.15) is 18.5 Å². The Kier molecular flexibility index (Phi) is 6.69. The standard InChI is InChI=1S/C12H17NO.C9H10ClNO2/c1-10-6-8-13(9-7-10)11-4-2-3-5-12(11)14;10-6-1-2-8-9(3-6)13-7(4-11)5-12-8/h2-5,10,14H,6-9H2,1H3;1-3,7H,4-5,11H2. The summed E-state index contributed by atoms with van der Waals surface area (Å²) in [4.78, 5) is 2.27. The second-order valence-electron chi connectivity index (χ2n) is 7.04. The van der Waals surface area contributed by atoms with Crippen LogP contribution in [0.1, 0.15) is 19.8 Å². The van der Waals surface area contributed by atoms with E-state index >= 15 is 0 Å². The second-order valence-corrected chi connectivity index (χ2v) is 7.47. The average molecular weight is 391 g/mol. The molecule has 2 aromatic rings. The molecule has 4 rings (SSSR count). The van der Waals surface area contributed by atoms with Crippen molar-refractivity contribution in [3.05, 3.63) is 47.5 Å². The minimum absolute atomic E-state index is 0.0639. The zero-order valence-electron chi connectivity index (χ0n) is 15.6. The maximum Gasteiger partial charge on any atom is 0.163 e. The molecule has 27 heavy (non-hydrogen) atoms. The number of phenolic OH excluding ortho intramolecular Hbond substituents is 1. The van der Waals surface area contributed by atoms with E-state index in [1.54, 1.807) is 24.3 Å². The molecule has 146 valence electrons. The number of para-hydroxylation sites is 2. The van der Waals surface area contributed by atoms with Crippen molar-refractivity contribution >= 4 is 17.3 Å². The fourth-order valence-corrected chi connectivity index (χ4v) is 3.35. The highest BCUT2D eigenvalue weighted by Crippen LogP contribution is 2.33. The third-order valence-electron chi connectivity index (χ3n) is 4.89. The van der Waals surface area contributed by atoms with E-state index in [0.717, 1.165) is 30.4 Å². The van der Waals surface area contributed by atoms with Gasteiger partial charge in [-0.3, -0.25) is 0 Å². The number of rotatable bonds is 2. The van der Waals surface area contributed by atoms with Gasteiger partial charge < -0.3 is 25.2 Å². The van der Waals surface area contributed by atoms with Crippen LogP contribution < -0.4 is 20.1 Å². The lowest BCUT2D eigenvalue weighted by Crippen LogP contribution is -2.35. The molecule has 1 fully saturated rings. The zero-order chi connectivity index (χ0) is 19.2. The lowest BCUT2D eigenvalue weighted by Gasteiger charge is -2.32. The Morgan fingerprint density at radius 1 is 1.15 bits per heavy atom. The molecule has 0 radical (unpaired) electrons. The number of anilines is 1. The smallest absolute Gasteiger partial charge is 0.163 e. The molecule has 5 nitrogen and oxygen atoms in total. The van der Waals surface area contributed by atoms with Crippen molar-refractivity contribution in [2.24, 2.45) is 11.7 Å². The number of halogens is 1. The van der Waals surface area contributed by atoms with Gasteiger partial charge in [-0.05, 0) is 43.0 Å². The van der Waals surface area contributed by atoms with E-state index in [2.05, 4.69) is 11.8 Å². The first kappa shape index (κ1) is 19.6. The summed E-state index contributed by atoms with van der Waals surface area (Å²) in [7, 11) is 0. The van der Waals surface area contributed by atoms with E-state index in [0.29, 0.717) is 29.7 Å². The number of fused-ring (bicyclic) bond motifs is 1. The number of ether oxygens (including phenoxy) is 2. The SMILES string of the molecule is CC1CCN(c2ccccc2O)CC1.NCC1COc2ccc(Cl)cc2O1. The van der Waals surface area contributed by atoms with Crippen LogP contribution in [0.4, 0.5) is 5.69 Å². The van der Waals surface area contributed by atoms with Crippen LogP contribution in [0.15, 0.2) is 42.5 Å². The van der Waals surface area contributed by atoms with Crippen LogP contribution in [0.2, 0.25) is 5.02 Å². The van der Waals surface area contributed by atoms with Gasteiger partial charge in [-0.15, -0.1) is 0 Å². The second kappa shape index (κ2) is 9.20. The summed E-state index contributed by atoms with van der Waals surface area (Å²) in [5, 5.41) is 10.3. The lowest BCUT2D eigenvalue weighted by atomic mass is 9.99. The Morgan fingerprint density at radius 3 is 2.59 bits per heavy atom. The molecule has 2 aliphatic rings. The Hall–Kier alpha value is -2.11. The minimum atomic E-state index is -0.0639. The van der Waals surface area contributed by atoms with Crippen molar-refractivity contribution in [3.8, 4) is 17.2 Å². The van der Waals surface area contributed by atoms with Gasteiger partial charge in [0.15, 0.2) is 11.5 Å². The molecule has 1 atom stereocenters. The summed E-state index contributed by atoms with van der Waals surface area (Å²) in [5.74, 6) is 2.64. The highest BCUT2D eigenvalue weighted by Gasteiger charge is 2.19. The summed E-state index contributed by atoms with van der Waals surface area (Å²) in [5.41, 5.74) is 6.45. The maximum atomic E-state index is 9.69. The predicted molar refractivity (Wildman–Crippen MR) is 109 cm³/mol. The fourth-order valence-electron chi connectivity index (χ4n) is 3.19. The summed E-state index contributed by atoms with van der Waals surface area (Å²) >= 11 is 5.80. The van der Waals surface area contributed by atoms with Gasteiger partial charge in [0.25, 0.3) is 0 Å². The third-order valence-corrected chi connectivity index (χ3v) is 5.13. The van der Waals surface area contributed by atoms with E-state index in [-0.39, 0.29) is 6.10 Å². The molecular formula is C21H27ClN2O3. The van der Waals surface area contributed by atoms with E-state index in [9.17, 15) is 5.11 Å². The molecule has 0 aromatic heterocycles. The van der Waals surface area contributed by atoms with E-state index < -0.39 is 0 Å². The number of aromatic hydroxyl groups is 1. The zero-order valence-corrected chi connectivity index (χ0v) is 16.4. The number of piperidine rings is 1. The Bertz CT molecular complexity index is 748. The number of benzene rings is 2. The van der Waals surface area contributed by atoms with Crippen LogP contribution in [0.25, 0.3) is 0 Å². The Morgan fingerprint density at radius 2 is 1.89 bits per heavy atom. The van der Waals surface area contributed by atoms with Crippen molar-refractivity contribution < 1.29 is 14.6 Å². The quantitative estimate of drug-likeness (QED) is 0.809. The predicted octanol–water partition coefficient (Wildman–Crippen LogP) is 4.07. The third kappa shape index (κ3) is 5.21. The van der Waals surface area contributed by atoms with Gasteiger partial charge in [-0.2, -0.15) is 0 Å². The van der Waals surface area contributed by atoms with E-state index in [1.807, 2.05) is 18.2 Å². The normalized spacial score (nSPS) is 19.2. The highest BCUT2D eigenvalue weighted by atomic mass is 35.5.